The molecule has 2 aliphatic heterocycles. The summed E-state index contributed by atoms with van der Waals surface area (Å²) in [6.45, 7) is 5.41. The van der Waals surface area contributed by atoms with Gasteiger partial charge in [0.2, 0.25) is 5.91 Å². The normalized spacial score (nSPS) is 17.6. The van der Waals surface area contributed by atoms with E-state index in [1.165, 1.54) is 5.56 Å². The fourth-order valence-electron chi connectivity index (χ4n) is 4.42. The maximum absolute atomic E-state index is 13.3. The van der Waals surface area contributed by atoms with Crippen molar-refractivity contribution in [3.63, 3.8) is 0 Å². The number of amides is 2. The van der Waals surface area contributed by atoms with Gasteiger partial charge in [0, 0.05) is 18.3 Å². The van der Waals surface area contributed by atoms with Gasteiger partial charge in [0.15, 0.2) is 6.10 Å². The van der Waals surface area contributed by atoms with Crippen molar-refractivity contribution in [3.8, 4) is 5.75 Å². The number of hydrogen-bond acceptors (Lipinski definition) is 4. The van der Waals surface area contributed by atoms with Crippen LogP contribution in [0.2, 0.25) is 0 Å². The van der Waals surface area contributed by atoms with Gasteiger partial charge in [-0.3, -0.25) is 9.59 Å². The molecular formula is C25H31N3O3. The van der Waals surface area contributed by atoms with Crippen molar-refractivity contribution in [2.24, 2.45) is 0 Å². The highest BCUT2D eigenvalue weighted by Crippen LogP contribution is 2.34. The van der Waals surface area contributed by atoms with Crippen LogP contribution in [0.15, 0.2) is 48.5 Å². The Balaban J connectivity index is 1.53. The molecule has 0 radical (unpaired) electrons. The van der Waals surface area contributed by atoms with E-state index in [0.717, 1.165) is 43.6 Å². The Kier molecular flexibility index (Phi) is 6.44. The minimum atomic E-state index is -0.642. The number of carbonyl (C=O) groups is 2. The van der Waals surface area contributed by atoms with E-state index in [-0.39, 0.29) is 24.4 Å². The topological polar surface area (TPSA) is 61.9 Å². The fourth-order valence-corrected chi connectivity index (χ4v) is 4.42. The predicted octanol–water partition coefficient (Wildman–Crippen LogP) is 3.54. The Hall–Kier alpha value is -3.02. The van der Waals surface area contributed by atoms with Gasteiger partial charge in [-0.05, 0) is 49.4 Å². The number of rotatable bonds is 6. The summed E-state index contributed by atoms with van der Waals surface area (Å²) >= 11 is 0. The molecule has 0 aliphatic carbocycles. The van der Waals surface area contributed by atoms with E-state index in [9.17, 15) is 9.59 Å². The van der Waals surface area contributed by atoms with Crippen LogP contribution in [0.3, 0.4) is 0 Å². The number of anilines is 2. The van der Waals surface area contributed by atoms with Crippen molar-refractivity contribution in [2.75, 3.05) is 29.4 Å². The summed E-state index contributed by atoms with van der Waals surface area (Å²) in [6, 6.07) is 15.9. The summed E-state index contributed by atoms with van der Waals surface area (Å²) in [5.41, 5.74) is 3.07. The second-order valence-electron chi connectivity index (χ2n) is 8.25. The van der Waals surface area contributed by atoms with Crippen molar-refractivity contribution < 1.29 is 14.3 Å². The molecule has 2 aliphatic rings. The minimum Gasteiger partial charge on any atom is -0.477 e. The molecule has 2 aromatic rings. The van der Waals surface area contributed by atoms with E-state index in [2.05, 4.69) is 25.2 Å². The lowest BCUT2D eigenvalue weighted by Gasteiger charge is -2.37. The summed E-state index contributed by atoms with van der Waals surface area (Å²) < 4.78 is 6.02. The molecule has 1 N–H and O–H groups in total. The van der Waals surface area contributed by atoms with Gasteiger partial charge in [0.25, 0.3) is 5.91 Å². The number of nitrogens with zero attached hydrogens (tertiary/aromatic N) is 2. The molecule has 6 nitrogen and oxygen atoms in total. The average molecular weight is 422 g/mol. The summed E-state index contributed by atoms with van der Waals surface area (Å²) in [6.07, 6.45) is 3.07. The van der Waals surface area contributed by atoms with E-state index in [4.69, 9.17) is 4.74 Å². The third kappa shape index (κ3) is 4.53. The maximum atomic E-state index is 13.3. The number of aryl methyl sites for hydroxylation is 1. The van der Waals surface area contributed by atoms with Crippen molar-refractivity contribution in [3.05, 3.63) is 54.1 Å². The van der Waals surface area contributed by atoms with E-state index in [1.807, 2.05) is 52.3 Å². The Labute approximate surface area is 184 Å². The Morgan fingerprint density at radius 1 is 1.06 bits per heavy atom. The smallest absolute Gasteiger partial charge is 0.263 e. The standard InChI is InChI=1S/C25H31N3O3/c1-3-19(4-2)26-25(30)23-16-27(21-13-7-8-14-22(21)31-23)17-24(29)28-15-9-11-18-10-5-6-12-20(18)28/h5-8,10,12-14,19,23H,3-4,9,11,15-17H2,1-2H3,(H,26,30). The second-order valence-corrected chi connectivity index (χ2v) is 8.25. The van der Waals surface area contributed by atoms with Gasteiger partial charge in [-0.25, -0.2) is 0 Å². The van der Waals surface area contributed by atoms with E-state index >= 15 is 0 Å². The zero-order chi connectivity index (χ0) is 21.8. The second kappa shape index (κ2) is 9.41. The SMILES string of the molecule is CCC(CC)NC(=O)C1CN(CC(=O)N2CCCc3ccccc32)c2ccccc2O1. The molecule has 0 saturated carbocycles. The van der Waals surface area contributed by atoms with Gasteiger partial charge in [0.05, 0.1) is 18.8 Å². The van der Waals surface area contributed by atoms with Crippen LogP contribution in [0.1, 0.15) is 38.7 Å². The molecule has 1 atom stereocenters. The predicted molar refractivity (Wildman–Crippen MR) is 123 cm³/mol. The first-order valence-electron chi connectivity index (χ1n) is 11.3. The molecule has 4 rings (SSSR count). The van der Waals surface area contributed by atoms with Crippen LogP contribution in [0, 0.1) is 0 Å². The van der Waals surface area contributed by atoms with E-state index in [1.54, 1.807) is 0 Å². The number of para-hydroxylation sites is 3. The highest BCUT2D eigenvalue weighted by molar-refractivity contribution is 5.98. The van der Waals surface area contributed by atoms with Crippen LogP contribution < -0.4 is 19.9 Å². The Bertz CT molecular complexity index is 941. The van der Waals surface area contributed by atoms with E-state index < -0.39 is 6.10 Å². The monoisotopic (exact) mass is 421 g/mol. The molecule has 0 fully saturated rings. The molecular weight excluding hydrogens is 390 g/mol. The molecule has 0 saturated heterocycles. The Morgan fingerprint density at radius 3 is 2.55 bits per heavy atom. The van der Waals surface area contributed by atoms with Gasteiger partial charge < -0.3 is 19.9 Å². The van der Waals surface area contributed by atoms with Crippen LogP contribution in [0.4, 0.5) is 11.4 Å². The molecule has 2 heterocycles. The Morgan fingerprint density at radius 2 is 1.77 bits per heavy atom. The molecule has 0 bridgehead atoms. The summed E-state index contributed by atoms with van der Waals surface area (Å²) in [5, 5.41) is 3.08. The van der Waals surface area contributed by atoms with Crippen LogP contribution in [0.25, 0.3) is 0 Å². The average Bonchev–Trinajstić information content (AvgIpc) is 2.81. The third-order valence-corrected chi connectivity index (χ3v) is 6.22. The zero-order valence-electron chi connectivity index (χ0n) is 18.3. The van der Waals surface area contributed by atoms with Gasteiger partial charge in [0.1, 0.15) is 5.75 Å². The van der Waals surface area contributed by atoms with Crippen molar-refractivity contribution in [2.45, 2.75) is 51.7 Å². The van der Waals surface area contributed by atoms with Gasteiger partial charge >= 0.3 is 0 Å². The summed E-state index contributed by atoms with van der Waals surface area (Å²) in [5.74, 6) is 0.567. The van der Waals surface area contributed by atoms with E-state index in [0.29, 0.717) is 12.3 Å². The maximum Gasteiger partial charge on any atom is 0.263 e. The summed E-state index contributed by atoms with van der Waals surface area (Å²) in [4.78, 5) is 30.1. The third-order valence-electron chi connectivity index (χ3n) is 6.22. The number of nitrogens with one attached hydrogen (secondary N) is 1. The molecule has 6 heteroatoms. The quantitative estimate of drug-likeness (QED) is 0.775. The molecule has 0 spiro atoms. The largest absolute Gasteiger partial charge is 0.477 e. The number of hydrogen-bond donors (Lipinski definition) is 1. The number of carbonyl (C=O) groups excluding carboxylic acids is 2. The highest BCUT2D eigenvalue weighted by Gasteiger charge is 2.33. The fraction of sp³-hybridized carbons (Fsp3) is 0.440. The van der Waals surface area contributed by atoms with Gasteiger partial charge in [-0.1, -0.05) is 44.2 Å². The van der Waals surface area contributed by atoms with Crippen LogP contribution in [-0.4, -0.2) is 43.6 Å². The van der Waals surface area contributed by atoms with Crippen molar-refractivity contribution in [1.82, 2.24) is 5.32 Å². The molecule has 164 valence electrons. The first-order chi connectivity index (χ1) is 15.1. The number of fused-ring (bicyclic) bond motifs is 2. The zero-order valence-corrected chi connectivity index (χ0v) is 18.3. The van der Waals surface area contributed by atoms with Crippen LogP contribution >= 0.6 is 0 Å². The van der Waals surface area contributed by atoms with Crippen molar-refractivity contribution in [1.29, 1.82) is 0 Å². The highest BCUT2D eigenvalue weighted by atomic mass is 16.5. The minimum absolute atomic E-state index is 0.0444. The lowest BCUT2D eigenvalue weighted by atomic mass is 10.0. The first kappa shape index (κ1) is 21.2. The van der Waals surface area contributed by atoms with Gasteiger partial charge in [-0.15, -0.1) is 0 Å². The first-order valence-corrected chi connectivity index (χ1v) is 11.3. The molecule has 0 aromatic heterocycles. The van der Waals surface area contributed by atoms with Crippen LogP contribution in [0.5, 0.6) is 5.75 Å². The molecule has 31 heavy (non-hydrogen) atoms. The number of benzene rings is 2. The lowest BCUT2D eigenvalue weighted by Crippen LogP contribution is -2.53. The lowest BCUT2D eigenvalue weighted by molar-refractivity contribution is -0.129. The summed E-state index contributed by atoms with van der Waals surface area (Å²) in [7, 11) is 0. The van der Waals surface area contributed by atoms with Gasteiger partial charge in [-0.2, -0.15) is 0 Å². The molecule has 2 aromatic carbocycles. The molecule has 2 amide bonds. The van der Waals surface area contributed by atoms with Crippen LogP contribution in [-0.2, 0) is 16.0 Å². The molecule has 1 unspecified atom stereocenters. The number of ether oxygens (including phenoxy) is 1. The van der Waals surface area contributed by atoms with Crippen molar-refractivity contribution >= 4 is 23.2 Å².